The highest BCUT2D eigenvalue weighted by molar-refractivity contribution is 6.07. The summed E-state index contributed by atoms with van der Waals surface area (Å²) in [6.45, 7) is 9.27. The van der Waals surface area contributed by atoms with Gasteiger partial charge in [-0.3, -0.25) is 9.59 Å². The van der Waals surface area contributed by atoms with Crippen molar-refractivity contribution in [2.75, 3.05) is 18.4 Å². The summed E-state index contributed by atoms with van der Waals surface area (Å²) < 4.78 is 1.86. The molecule has 162 valence electrons. The summed E-state index contributed by atoms with van der Waals surface area (Å²) >= 11 is 0. The second-order valence-corrected chi connectivity index (χ2v) is 9.34. The molecule has 1 fully saturated rings. The van der Waals surface area contributed by atoms with Crippen molar-refractivity contribution in [2.45, 2.75) is 46.1 Å². The number of fused-ring (bicyclic) bond motifs is 1. The van der Waals surface area contributed by atoms with Gasteiger partial charge in [0.2, 0.25) is 5.91 Å². The molecule has 0 radical (unpaired) electrons. The highest BCUT2D eigenvalue weighted by atomic mass is 16.2. The second kappa shape index (κ2) is 8.17. The van der Waals surface area contributed by atoms with Crippen LogP contribution in [0.3, 0.4) is 0 Å². The number of aromatic nitrogens is 2. The summed E-state index contributed by atoms with van der Waals surface area (Å²) in [6, 6.07) is 15.7. The molecule has 6 nitrogen and oxygen atoms in total. The molecule has 3 aromatic rings. The van der Waals surface area contributed by atoms with E-state index in [1.54, 1.807) is 0 Å². The van der Waals surface area contributed by atoms with E-state index in [2.05, 4.69) is 31.2 Å². The monoisotopic (exact) mass is 418 g/mol. The first-order valence-electron chi connectivity index (χ1n) is 10.9. The third-order valence-electron chi connectivity index (χ3n) is 5.89. The summed E-state index contributed by atoms with van der Waals surface area (Å²) in [5, 5.41) is 9.62. The van der Waals surface area contributed by atoms with Crippen molar-refractivity contribution < 1.29 is 9.59 Å². The number of hydrogen-bond acceptors (Lipinski definition) is 3. The number of nitrogens with one attached hydrogen (secondary N) is 1. The molecule has 31 heavy (non-hydrogen) atoms. The van der Waals surface area contributed by atoms with Gasteiger partial charge in [0.15, 0.2) is 0 Å². The van der Waals surface area contributed by atoms with Gasteiger partial charge in [0.05, 0.1) is 11.2 Å². The molecule has 4 rings (SSSR count). The third-order valence-corrected chi connectivity index (χ3v) is 5.89. The predicted octanol–water partition coefficient (Wildman–Crippen LogP) is 4.59. The molecular formula is C25H30N4O2. The van der Waals surface area contributed by atoms with E-state index in [-0.39, 0.29) is 23.3 Å². The molecule has 1 saturated heterocycles. The Morgan fingerprint density at radius 3 is 2.42 bits per heavy atom. The molecule has 2 heterocycles. The van der Waals surface area contributed by atoms with Crippen LogP contribution in [-0.2, 0) is 10.3 Å². The lowest BCUT2D eigenvalue weighted by Gasteiger charge is -2.32. The average Bonchev–Trinajstić information content (AvgIpc) is 3.13. The maximum atomic E-state index is 13.2. The van der Waals surface area contributed by atoms with Gasteiger partial charge in [0.1, 0.15) is 5.82 Å². The minimum atomic E-state index is -0.217. The zero-order valence-corrected chi connectivity index (χ0v) is 18.7. The van der Waals surface area contributed by atoms with E-state index in [4.69, 9.17) is 0 Å². The van der Waals surface area contributed by atoms with E-state index in [1.807, 2.05) is 65.0 Å². The fraction of sp³-hybridized carbons (Fsp3) is 0.400. The first-order valence-corrected chi connectivity index (χ1v) is 10.9. The van der Waals surface area contributed by atoms with Gasteiger partial charge in [0, 0.05) is 30.6 Å². The fourth-order valence-corrected chi connectivity index (χ4v) is 4.26. The van der Waals surface area contributed by atoms with Crippen molar-refractivity contribution in [3.63, 3.8) is 0 Å². The van der Waals surface area contributed by atoms with E-state index in [9.17, 15) is 9.59 Å². The Hall–Kier alpha value is -3.15. The van der Waals surface area contributed by atoms with Gasteiger partial charge in [-0.05, 0) is 57.4 Å². The van der Waals surface area contributed by atoms with Crippen LogP contribution in [-0.4, -0.2) is 39.6 Å². The Kier molecular flexibility index (Phi) is 5.56. The van der Waals surface area contributed by atoms with Gasteiger partial charge in [-0.1, -0.05) is 36.4 Å². The molecule has 1 N–H and O–H groups in total. The zero-order valence-electron chi connectivity index (χ0n) is 18.7. The SMILES string of the molecule is Cc1cc(NC(=O)C2CCN(C(=O)c3cccc4ccccc34)CC2)n(C(C)(C)C)n1. The van der Waals surface area contributed by atoms with E-state index < -0.39 is 0 Å². The molecule has 6 heteroatoms. The molecule has 0 aliphatic carbocycles. The second-order valence-electron chi connectivity index (χ2n) is 9.34. The molecule has 2 aromatic carbocycles. The summed E-state index contributed by atoms with van der Waals surface area (Å²) in [5.74, 6) is 0.657. The van der Waals surface area contributed by atoms with E-state index in [0.717, 1.165) is 27.8 Å². The molecule has 0 saturated carbocycles. The maximum Gasteiger partial charge on any atom is 0.254 e. The molecule has 0 unspecified atom stereocenters. The van der Waals surface area contributed by atoms with Crippen molar-refractivity contribution in [3.05, 3.63) is 59.8 Å². The van der Waals surface area contributed by atoms with E-state index in [1.165, 1.54) is 0 Å². The summed E-state index contributed by atoms with van der Waals surface area (Å²) in [5.41, 5.74) is 1.39. The van der Waals surface area contributed by atoms with Crippen LogP contribution < -0.4 is 5.32 Å². The number of amides is 2. The van der Waals surface area contributed by atoms with Crippen molar-refractivity contribution in [2.24, 2.45) is 5.92 Å². The van der Waals surface area contributed by atoms with Gasteiger partial charge >= 0.3 is 0 Å². The van der Waals surface area contributed by atoms with Crippen LogP contribution in [0.25, 0.3) is 10.8 Å². The lowest BCUT2D eigenvalue weighted by Crippen LogP contribution is -2.41. The first kappa shape index (κ1) is 21.1. The number of likely N-dealkylation sites (tertiary alicyclic amines) is 1. The minimum Gasteiger partial charge on any atom is -0.339 e. The van der Waals surface area contributed by atoms with Crippen LogP contribution >= 0.6 is 0 Å². The number of hydrogen-bond donors (Lipinski definition) is 1. The van der Waals surface area contributed by atoms with Crippen LogP contribution in [0.4, 0.5) is 5.82 Å². The molecule has 1 aromatic heterocycles. The third kappa shape index (κ3) is 4.33. The van der Waals surface area contributed by atoms with Gasteiger partial charge in [-0.15, -0.1) is 0 Å². The Bertz CT molecular complexity index is 1110. The van der Waals surface area contributed by atoms with Crippen molar-refractivity contribution in [3.8, 4) is 0 Å². The van der Waals surface area contributed by atoms with E-state index in [0.29, 0.717) is 25.9 Å². The van der Waals surface area contributed by atoms with Crippen LogP contribution in [0, 0.1) is 12.8 Å². The van der Waals surface area contributed by atoms with Crippen molar-refractivity contribution >= 4 is 28.4 Å². The minimum absolute atomic E-state index is 0.00246. The Morgan fingerprint density at radius 2 is 1.71 bits per heavy atom. The van der Waals surface area contributed by atoms with Crippen LogP contribution in [0.15, 0.2) is 48.5 Å². The topological polar surface area (TPSA) is 67.2 Å². The van der Waals surface area contributed by atoms with Crippen LogP contribution in [0.2, 0.25) is 0 Å². The molecule has 1 aliphatic heterocycles. The number of benzene rings is 2. The molecule has 2 amide bonds. The molecule has 0 bridgehead atoms. The Morgan fingerprint density at radius 1 is 1.03 bits per heavy atom. The van der Waals surface area contributed by atoms with Crippen LogP contribution in [0.5, 0.6) is 0 Å². The molecule has 1 aliphatic rings. The number of nitrogens with zero attached hydrogens (tertiary/aromatic N) is 3. The van der Waals surface area contributed by atoms with Crippen molar-refractivity contribution in [1.82, 2.24) is 14.7 Å². The van der Waals surface area contributed by atoms with Gasteiger partial charge in [-0.2, -0.15) is 5.10 Å². The standard InChI is InChI=1S/C25H30N4O2/c1-17-16-22(29(27-17)25(2,3)4)26-23(30)19-12-14-28(15-13-19)24(31)21-11-7-9-18-8-5-6-10-20(18)21/h5-11,16,19H,12-15H2,1-4H3,(H,26,30). The summed E-state index contributed by atoms with van der Waals surface area (Å²) in [7, 11) is 0. The van der Waals surface area contributed by atoms with Gasteiger partial charge < -0.3 is 10.2 Å². The number of aryl methyl sites for hydroxylation is 1. The molecule has 0 spiro atoms. The summed E-state index contributed by atoms with van der Waals surface area (Å²) in [6.07, 6.45) is 1.32. The Balaban J connectivity index is 1.42. The normalized spacial score (nSPS) is 15.3. The number of piperidine rings is 1. The average molecular weight is 419 g/mol. The molecular weight excluding hydrogens is 388 g/mol. The van der Waals surface area contributed by atoms with Crippen LogP contribution in [0.1, 0.15) is 49.7 Å². The predicted molar refractivity (Wildman–Crippen MR) is 123 cm³/mol. The fourth-order valence-electron chi connectivity index (χ4n) is 4.26. The smallest absolute Gasteiger partial charge is 0.254 e. The highest BCUT2D eigenvalue weighted by Crippen LogP contribution is 2.26. The Labute approximate surface area is 183 Å². The number of anilines is 1. The quantitative estimate of drug-likeness (QED) is 0.676. The maximum absolute atomic E-state index is 13.2. The highest BCUT2D eigenvalue weighted by Gasteiger charge is 2.29. The first-order chi connectivity index (χ1) is 14.7. The number of rotatable bonds is 3. The summed E-state index contributed by atoms with van der Waals surface area (Å²) in [4.78, 5) is 27.9. The van der Waals surface area contributed by atoms with Gasteiger partial charge in [0.25, 0.3) is 5.91 Å². The molecule has 0 atom stereocenters. The van der Waals surface area contributed by atoms with E-state index >= 15 is 0 Å². The lowest BCUT2D eigenvalue weighted by molar-refractivity contribution is -0.121. The zero-order chi connectivity index (χ0) is 22.2. The lowest BCUT2D eigenvalue weighted by atomic mass is 9.94. The number of carbonyl (C=O) groups excluding carboxylic acids is 2. The number of carbonyl (C=O) groups is 2. The van der Waals surface area contributed by atoms with Gasteiger partial charge in [-0.25, -0.2) is 4.68 Å². The largest absolute Gasteiger partial charge is 0.339 e. The van der Waals surface area contributed by atoms with Crippen molar-refractivity contribution in [1.29, 1.82) is 0 Å².